The average Bonchev–Trinajstić information content (AvgIpc) is 3.19. The van der Waals surface area contributed by atoms with Gasteiger partial charge in [0, 0.05) is 5.82 Å². The fourth-order valence-electron chi connectivity index (χ4n) is 6.01. The zero-order chi connectivity index (χ0) is 22.4. The average molecular weight is 434 g/mol. The summed E-state index contributed by atoms with van der Waals surface area (Å²) in [7, 11) is -0.270. The first kappa shape index (κ1) is 25.1. The van der Waals surface area contributed by atoms with Gasteiger partial charge >= 0.3 is 13.1 Å². The monoisotopic (exact) mass is 434 g/mol. The van der Waals surface area contributed by atoms with Gasteiger partial charge in [-0.3, -0.25) is 4.79 Å². The van der Waals surface area contributed by atoms with Crippen LogP contribution in [0.25, 0.3) is 0 Å². The molecule has 3 fully saturated rings. The lowest BCUT2D eigenvalue weighted by atomic mass is 9.63. The molecule has 1 aliphatic heterocycles. The standard InChI is InChI=1S/C26H47BO4/c1-6-7-18-22(19(2)25(28)29-26(3,4)5)27-30-23(20-14-10-8-11-15-20)24(31-27)21-16-12-9-13-17-21/h19-24H,6-18H2,1-5H3/t19-,22-,23-,24-/m1/s1. The van der Waals surface area contributed by atoms with Crippen LogP contribution in [0, 0.1) is 17.8 Å². The molecule has 2 saturated carbocycles. The molecular formula is C26H47BO4. The number of esters is 1. The number of hydrogen-bond donors (Lipinski definition) is 0. The van der Waals surface area contributed by atoms with Crippen molar-refractivity contribution < 1.29 is 18.8 Å². The highest BCUT2D eigenvalue weighted by Crippen LogP contribution is 2.44. The molecule has 1 heterocycles. The first-order valence-corrected chi connectivity index (χ1v) is 13.3. The van der Waals surface area contributed by atoms with Gasteiger partial charge in [-0.25, -0.2) is 0 Å². The summed E-state index contributed by atoms with van der Waals surface area (Å²) in [5, 5.41) is 0. The smallest absolute Gasteiger partial charge is 0.460 e. The maximum Gasteiger partial charge on any atom is 0.461 e. The molecule has 2 aliphatic carbocycles. The number of rotatable bonds is 8. The van der Waals surface area contributed by atoms with Crippen LogP contribution >= 0.6 is 0 Å². The lowest BCUT2D eigenvalue weighted by molar-refractivity contribution is -0.159. The second kappa shape index (κ2) is 11.5. The predicted molar refractivity (Wildman–Crippen MR) is 127 cm³/mol. The highest BCUT2D eigenvalue weighted by Gasteiger charge is 2.51. The topological polar surface area (TPSA) is 44.8 Å². The molecule has 0 bridgehead atoms. The van der Waals surface area contributed by atoms with Crippen molar-refractivity contribution in [1.29, 1.82) is 0 Å². The first-order chi connectivity index (χ1) is 14.8. The SMILES string of the molecule is CCCC[C@@H](B1O[C@H](C2CCCCC2)[C@@H](C2CCCCC2)O1)[C@@H](C)C(=O)OC(C)(C)C. The Morgan fingerprint density at radius 2 is 1.42 bits per heavy atom. The van der Waals surface area contributed by atoms with Gasteiger partial charge in [0.2, 0.25) is 0 Å². The summed E-state index contributed by atoms with van der Waals surface area (Å²) in [5.74, 6) is 0.974. The van der Waals surface area contributed by atoms with Crippen LogP contribution in [0.1, 0.15) is 118 Å². The Bertz CT molecular complexity index is 522. The fourth-order valence-corrected chi connectivity index (χ4v) is 6.01. The van der Waals surface area contributed by atoms with Crippen molar-refractivity contribution in [2.45, 2.75) is 142 Å². The molecule has 5 heteroatoms. The summed E-state index contributed by atoms with van der Waals surface area (Å²) in [4.78, 5) is 13.0. The number of unbranched alkanes of at least 4 members (excludes halogenated alkanes) is 1. The van der Waals surface area contributed by atoms with Gasteiger partial charge in [0.15, 0.2) is 0 Å². The van der Waals surface area contributed by atoms with Crippen LogP contribution in [0.15, 0.2) is 0 Å². The van der Waals surface area contributed by atoms with Crippen molar-refractivity contribution in [2.75, 3.05) is 0 Å². The van der Waals surface area contributed by atoms with E-state index in [2.05, 4.69) is 6.92 Å². The minimum absolute atomic E-state index is 0.0643. The van der Waals surface area contributed by atoms with E-state index in [1.165, 1.54) is 64.2 Å². The molecule has 4 atom stereocenters. The molecule has 31 heavy (non-hydrogen) atoms. The highest BCUT2D eigenvalue weighted by molar-refractivity contribution is 6.47. The van der Waals surface area contributed by atoms with Crippen LogP contribution in [0.2, 0.25) is 5.82 Å². The molecule has 0 radical (unpaired) electrons. The number of ether oxygens (including phenoxy) is 1. The largest absolute Gasteiger partial charge is 0.461 e. The molecule has 0 spiro atoms. The molecule has 0 aromatic carbocycles. The molecule has 0 amide bonds. The zero-order valence-corrected chi connectivity index (χ0v) is 20.9. The summed E-state index contributed by atoms with van der Waals surface area (Å²) in [6.45, 7) is 10.1. The molecule has 4 nitrogen and oxygen atoms in total. The van der Waals surface area contributed by atoms with E-state index in [1.807, 2.05) is 27.7 Å². The Hall–Kier alpha value is -0.545. The lowest BCUT2D eigenvalue weighted by Crippen LogP contribution is -2.38. The maximum absolute atomic E-state index is 13.0. The number of hydrogen-bond acceptors (Lipinski definition) is 4. The van der Waals surface area contributed by atoms with Crippen LogP contribution in [0.4, 0.5) is 0 Å². The second-order valence-electron chi connectivity index (χ2n) is 11.5. The molecule has 0 aromatic heterocycles. The molecule has 1 saturated heterocycles. The summed E-state index contributed by atoms with van der Waals surface area (Å²) >= 11 is 0. The van der Waals surface area contributed by atoms with E-state index in [9.17, 15) is 4.79 Å². The van der Waals surface area contributed by atoms with E-state index in [0.29, 0.717) is 11.8 Å². The summed E-state index contributed by atoms with van der Waals surface area (Å²) in [6.07, 6.45) is 16.6. The van der Waals surface area contributed by atoms with Gasteiger partial charge in [-0.1, -0.05) is 71.6 Å². The van der Waals surface area contributed by atoms with E-state index < -0.39 is 5.60 Å². The Morgan fingerprint density at radius 3 is 1.84 bits per heavy atom. The van der Waals surface area contributed by atoms with Gasteiger partial charge < -0.3 is 14.0 Å². The summed E-state index contributed by atoms with van der Waals surface area (Å²) in [5.41, 5.74) is -0.465. The second-order valence-corrected chi connectivity index (χ2v) is 11.5. The normalized spacial score (nSPS) is 28.5. The van der Waals surface area contributed by atoms with Crippen LogP contribution in [0.3, 0.4) is 0 Å². The summed E-state index contributed by atoms with van der Waals surface area (Å²) < 4.78 is 19.4. The van der Waals surface area contributed by atoms with Crippen molar-refractivity contribution in [3.8, 4) is 0 Å². The zero-order valence-electron chi connectivity index (χ0n) is 20.9. The van der Waals surface area contributed by atoms with Crippen LogP contribution in [0.5, 0.6) is 0 Å². The Morgan fingerprint density at radius 1 is 0.935 bits per heavy atom. The third-order valence-corrected chi connectivity index (χ3v) is 7.80. The minimum atomic E-state index is -0.465. The molecule has 0 unspecified atom stereocenters. The Kier molecular flexibility index (Phi) is 9.34. The van der Waals surface area contributed by atoms with Crippen molar-refractivity contribution in [2.24, 2.45) is 17.8 Å². The molecular weight excluding hydrogens is 387 g/mol. The third-order valence-electron chi connectivity index (χ3n) is 7.80. The molecule has 0 aromatic rings. The van der Waals surface area contributed by atoms with E-state index in [-0.39, 0.29) is 37.0 Å². The quantitative estimate of drug-likeness (QED) is 0.306. The van der Waals surface area contributed by atoms with E-state index in [4.69, 9.17) is 14.0 Å². The maximum atomic E-state index is 13.0. The van der Waals surface area contributed by atoms with Crippen LogP contribution in [-0.4, -0.2) is 30.9 Å². The fraction of sp³-hybridized carbons (Fsp3) is 0.962. The van der Waals surface area contributed by atoms with Gasteiger partial charge in [-0.2, -0.15) is 0 Å². The first-order valence-electron chi connectivity index (χ1n) is 13.3. The Balaban J connectivity index is 1.76. The minimum Gasteiger partial charge on any atom is -0.460 e. The lowest BCUT2D eigenvalue weighted by Gasteiger charge is -2.35. The van der Waals surface area contributed by atoms with Crippen LogP contribution in [-0.2, 0) is 18.8 Å². The van der Waals surface area contributed by atoms with Crippen molar-refractivity contribution in [1.82, 2.24) is 0 Å². The van der Waals surface area contributed by atoms with Crippen molar-refractivity contribution in [3.63, 3.8) is 0 Å². The molecule has 3 aliphatic rings. The van der Waals surface area contributed by atoms with Crippen molar-refractivity contribution >= 4 is 13.1 Å². The highest BCUT2D eigenvalue weighted by atomic mass is 16.7. The van der Waals surface area contributed by atoms with Gasteiger partial charge in [0.05, 0.1) is 18.1 Å². The van der Waals surface area contributed by atoms with E-state index >= 15 is 0 Å². The summed E-state index contributed by atoms with van der Waals surface area (Å²) in [6, 6.07) is 0. The number of carbonyl (C=O) groups is 1. The predicted octanol–water partition coefficient (Wildman–Crippen LogP) is 6.96. The van der Waals surface area contributed by atoms with E-state index in [1.54, 1.807) is 0 Å². The van der Waals surface area contributed by atoms with Gasteiger partial charge in [0.25, 0.3) is 0 Å². The van der Waals surface area contributed by atoms with Gasteiger partial charge in [-0.15, -0.1) is 0 Å². The third kappa shape index (κ3) is 6.97. The molecule has 3 rings (SSSR count). The van der Waals surface area contributed by atoms with Gasteiger partial charge in [-0.05, 0) is 58.3 Å². The Labute approximate surface area is 191 Å². The van der Waals surface area contributed by atoms with Gasteiger partial charge in [0.1, 0.15) is 5.60 Å². The van der Waals surface area contributed by atoms with Crippen molar-refractivity contribution in [3.05, 3.63) is 0 Å². The molecule has 0 N–H and O–H groups in total. The number of carbonyl (C=O) groups excluding carboxylic acids is 1. The van der Waals surface area contributed by atoms with Crippen LogP contribution < -0.4 is 0 Å². The van der Waals surface area contributed by atoms with E-state index in [0.717, 1.165) is 19.3 Å². The molecule has 178 valence electrons.